The fraction of sp³-hybridized carbons (Fsp3) is 0.316. The van der Waals surface area contributed by atoms with Crippen molar-refractivity contribution in [1.82, 2.24) is 9.55 Å². The minimum absolute atomic E-state index is 0.164. The standard InChI is InChI=1S/C19H20N2O4S/c1-3-13-10-14-16(26-13)20-19(25)21(17(14)22)15(18(23)24)9-8-12-6-4-11(2)5-7-12/h4-7,10,15H,3,8-9H2,1-2H3,(H,20,25)(H,23,24). The zero-order valence-electron chi connectivity index (χ0n) is 14.6. The van der Waals surface area contributed by atoms with E-state index in [9.17, 15) is 19.5 Å². The van der Waals surface area contributed by atoms with Gasteiger partial charge in [0.1, 0.15) is 10.9 Å². The van der Waals surface area contributed by atoms with Gasteiger partial charge in [0.25, 0.3) is 5.56 Å². The van der Waals surface area contributed by atoms with E-state index >= 15 is 0 Å². The van der Waals surface area contributed by atoms with Crippen LogP contribution in [0.2, 0.25) is 0 Å². The normalized spacial score (nSPS) is 12.4. The summed E-state index contributed by atoms with van der Waals surface area (Å²) in [6, 6.07) is 8.28. The minimum Gasteiger partial charge on any atom is -0.480 e. The highest BCUT2D eigenvalue weighted by Crippen LogP contribution is 2.21. The SMILES string of the molecule is CCc1cc2c(=O)n(C(CCc3ccc(C)cc3)C(=O)O)c(=O)[nH]c2s1. The number of aromatic amines is 1. The first-order valence-electron chi connectivity index (χ1n) is 8.46. The number of rotatable bonds is 6. The van der Waals surface area contributed by atoms with Crippen LogP contribution in [0.3, 0.4) is 0 Å². The van der Waals surface area contributed by atoms with Crippen LogP contribution in [0.4, 0.5) is 0 Å². The molecule has 7 heteroatoms. The van der Waals surface area contributed by atoms with E-state index in [1.165, 1.54) is 11.3 Å². The lowest BCUT2D eigenvalue weighted by Gasteiger charge is -2.14. The quantitative estimate of drug-likeness (QED) is 0.696. The lowest BCUT2D eigenvalue weighted by atomic mass is 10.0. The Morgan fingerprint density at radius 2 is 1.96 bits per heavy atom. The van der Waals surface area contributed by atoms with E-state index in [4.69, 9.17) is 0 Å². The fourth-order valence-corrected chi connectivity index (χ4v) is 3.93. The Balaban J connectivity index is 1.99. The van der Waals surface area contributed by atoms with Gasteiger partial charge < -0.3 is 5.11 Å². The molecule has 0 aliphatic rings. The highest BCUT2D eigenvalue weighted by Gasteiger charge is 2.24. The first-order chi connectivity index (χ1) is 12.4. The van der Waals surface area contributed by atoms with Crippen molar-refractivity contribution in [2.75, 3.05) is 0 Å². The largest absolute Gasteiger partial charge is 0.480 e. The average molecular weight is 372 g/mol. The monoisotopic (exact) mass is 372 g/mol. The van der Waals surface area contributed by atoms with Crippen LogP contribution < -0.4 is 11.2 Å². The third-order valence-corrected chi connectivity index (χ3v) is 5.64. The van der Waals surface area contributed by atoms with Crippen LogP contribution in [-0.4, -0.2) is 20.6 Å². The predicted octanol–water partition coefficient (Wildman–Crippen LogP) is 2.88. The van der Waals surface area contributed by atoms with Gasteiger partial charge in [-0.1, -0.05) is 36.8 Å². The first kappa shape index (κ1) is 18.1. The minimum atomic E-state index is -1.21. The molecule has 0 aliphatic carbocycles. The van der Waals surface area contributed by atoms with E-state index in [-0.39, 0.29) is 6.42 Å². The van der Waals surface area contributed by atoms with Crippen molar-refractivity contribution in [2.45, 2.75) is 39.2 Å². The van der Waals surface area contributed by atoms with Gasteiger partial charge in [0, 0.05) is 4.88 Å². The van der Waals surface area contributed by atoms with Crippen molar-refractivity contribution in [3.05, 3.63) is 67.2 Å². The van der Waals surface area contributed by atoms with Crippen LogP contribution >= 0.6 is 11.3 Å². The lowest BCUT2D eigenvalue weighted by molar-refractivity contribution is -0.141. The van der Waals surface area contributed by atoms with Crippen molar-refractivity contribution < 1.29 is 9.90 Å². The number of nitrogens with one attached hydrogen (secondary N) is 1. The highest BCUT2D eigenvalue weighted by atomic mass is 32.1. The van der Waals surface area contributed by atoms with E-state index < -0.39 is 23.3 Å². The van der Waals surface area contributed by atoms with Crippen LogP contribution in [0.1, 0.15) is 35.4 Å². The summed E-state index contributed by atoms with van der Waals surface area (Å²) in [5.74, 6) is -1.19. The van der Waals surface area contributed by atoms with Crippen LogP contribution in [0.15, 0.2) is 39.9 Å². The molecule has 0 amide bonds. The summed E-state index contributed by atoms with van der Waals surface area (Å²) in [6.45, 7) is 3.94. The van der Waals surface area contributed by atoms with Crippen LogP contribution in [0.25, 0.3) is 10.2 Å². The second-order valence-electron chi connectivity index (χ2n) is 6.29. The number of nitrogens with zero attached hydrogens (tertiary/aromatic N) is 1. The lowest BCUT2D eigenvalue weighted by Crippen LogP contribution is -2.40. The number of H-pyrrole nitrogens is 1. The summed E-state index contributed by atoms with van der Waals surface area (Å²) in [6.07, 6.45) is 1.37. The second kappa shape index (κ2) is 7.29. The second-order valence-corrected chi connectivity index (χ2v) is 7.43. The Hall–Kier alpha value is -2.67. The van der Waals surface area contributed by atoms with Gasteiger partial charge in [-0.15, -0.1) is 11.3 Å². The van der Waals surface area contributed by atoms with Gasteiger partial charge in [0.2, 0.25) is 0 Å². The van der Waals surface area contributed by atoms with Crippen molar-refractivity contribution in [3.63, 3.8) is 0 Å². The van der Waals surface area contributed by atoms with Gasteiger partial charge in [0.05, 0.1) is 5.39 Å². The topological polar surface area (TPSA) is 92.2 Å². The molecular formula is C19H20N2O4S. The van der Waals surface area contributed by atoms with Gasteiger partial charge in [-0.2, -0.15) is 0 Å². The van der Waals surface area contributed by atoms with Crippen LogP contribution in [-0.2, 0) is 17.6 Å². The summed E-state index contributed by atoms with van der Waals surface area (Å²) in [5, 5.41) is 9.98. The summed E-state index contributed by atoms with van der Waals surface area (Å²) >= 11 is 1.35. The molecule has 1 aromatic carbocycles. The Morgan fingerprint density at radius 3 is 2.58 bits per heavy atom. The number of aliphatic carboxylic acids is 1. The molecule has 1 unspecified atom stereocenters. The number of carboxylic acid groups (broad SMARTS) is 1. The van der Waals surface area contributed by atoms with Crippen LogP contribution in [0, 0.1) is 6.92 Å². The summed E-state index contributed by atoms with van der Waals surface area (Å²) < 4.78 is 0.838. The number of carbonyl (C=O) groups is 1. The summed E-state index contributed by atoms with van der Waals surface area (Å²) in [4.78, 5) is 41.1. The molecule has 0 spiro atoms. The number of hydrogen-bond donors (Lipinski definition) is 2. The van der Waals surface area contributed by atoms with E-state index in [2.05, 4.69) is 4.98 Å². The summed E-state index contributed by atoms with van der Waals surface area (Å²) in [5.41, 5.74) is 0.862. The number of carboxylic acids is 1. The molecule has 0 saturated carbocycles. The Kier molecular flexibility index (Phi) is 5.08. The number of benzene rings is 1. The maximum Gasteiger partial charge on any atom is 0.330 e. The smallest absolute Gasteiger partial charge is 0.330 e. The number of hydrogen-bond acceptors (Lipinski definition) is 4. The zero-order valence-corrected chi connectivity index (χ0v) is 15.4. The number of fused-ring (bicyclic) bond motifs is 1. The van der Waals surface area contributed by atoms with Crippen molar-refractivity contribution in [3.8, 4) is 0 Å². The van der Waals surface area contributed by atoms with Gasteiger partial charge in [-0.25, -0.2) is 14.2 Å². The number of thiophene rings is 1. The van der Waals surface area contributed by atoms with Crippen molar-refractivity contribution >= 4 is 27.5 Å². The molecule has 136 valence electrons. The molecule has 26 heavy (non-hydrogen) atoms. The maximum atomic E-state index is 12.8. The number of aromatic nitrogens is 2. The Morgan fingerprint density at radius 1 is 1.27 bits per heavy atom. The van der Waals surface area contributed by atoms with Gasteiger partial charge in [-0.05, 0) is 37.8 Å². The summed E-state index contributed by atoms with van der Waals surface area (Å²) in [7, 11) is 0. The molecular weight excluding hydrogens is 352 g/mol. The highest BCUT2D eigenvalue weighted by molar-refractivity contribution is 7.18. The molecule has 3 rings (SSSR count). The Bertz CT molecular complexity index is 1060. The maximum absolute atomic E-state index is 12.8. The molecule has 2 heterocycles. The van der Waals surface area contributed by atoms with Crippen LogP contribution in [0.5, 0.6) is 0 Å². The molecule has 1 atom stereocenters. The van der Waals surface area contributed by atoms with Gasteiger partial charge in [-0.3, -0.25) is 9.78 Å². The molecule has 6 nitrogen and oxygen atoms in total. The van der Waals surface area contributed by atoms with Gasteiger partial charge >= 0.3 is 11.7 Å². The fourth-order valence-electron chi connectivity index (χ4n) is 2.95. The predicted molar refractivity (Wildman–Crippen MR) is 102 cm³/mol. The molecule has 2 aromatic heterocycles. The number of aryl methyl sites for hydroxylation is 3. The average Bonchev–Trinajstić information content (AvgIpc) is 3.02. The van der Waals surface area contributed by atoms with Gasteiger partial charge in [0.15, 0.2) is 0 Å². The zero-order chi connectivity index (χ0) is 18.8. The molecule has 2 N–H and O–H groups in total. The molecule has 3 aromatic rings. The van der Waals surface area contributed by atoms with E-state index in [1.54, 1.807) is 6.07 Å². The molecule has 0 fully saturated rings. The third-order valence-electron chi connectivity index (χ3n) is 4.44. The molecule has 0 bridgehead atoms. The Labute approximate surface area is 153 Å². The third kappa shape index (κ3) is 3.48. The van der Waals surface area contributed by atoms with E-state index in [0.29, 0.717) is 16.6 Å². The first-order valence-corrected chi connectivity index (χ1v) is 9.28. The van der Waals surface area contributed by atoms with Crippen molar-refractivity contribution in [1.29, 1.82) is 0 Å². The van der Waals surface area contributed by atoms with E-state index in [0.717, 1.165) is 27.0 Å². The van der Waals surface area contributed by atoms with E-state index in [1.807, 2.05) is 38.1 Å². The molecule has 0 radical (unpaired) electrons. The molecule has 0 aliphatic heterocycles. The van der Waals surface area contributed by atoms with Crippen molar-refractivity contribution in [2.24, 2.45) is 0 Å². The molecule has 0 saturated heterocycles.